The number of carbonyl (C=O) groups excluding carboxylic acids is 1. The Labute approximate surface area is 134 Å². The summed E-state index contributed by atoms with van der Waals surface area (Å²) in [5.41, 5.74) is 2.04. The predicted octanol–water partition coefficient (Wildman–Crippen LogP) is 3.39. The van der Waals surface area contributed by atoms with Crippen molar-refractivity contribution in [1.82, 2.24) is 5.32 Å². The maximum Gasteiger partial charge on any atom is 0.242 e. The second-order valence-corrected chi connectivity index (χ2v) is 7.20. The van der Waals surface area contributed by atoms with Gasteiger partial charge in [0.25, 0.3) is 0 Å². The van der Waals surface area contributed by atoms with Crippen LogP contribution in [-0.4, -0.2) is 30.6 Å². The van der Waals surface area contributed by atoms with Crippen molar-refractivity contribution in [3.8, 4) is 0 Å². The Morgan fingerprint density at radius 2 is 1.86 bits per heavy atom. The van der Waals surface area contributed by atoms with Gasteiger partial charge in [0.05, 0.1) is 0 Å². The normalized spacial score (nSPS) is 17.0. The summed E-state index contributed by atoms with van der Waals surface area (Å²) in [6.45, 7) is 10.1. The first kappa shape index (κ1) is 16.7. The van der Waals surface area contributed by atoms with Crippen LogP contribution in [0.4, 0.5) is 11.4 Å². The third kappa shape index (κ3) is 4.93. The average molecular weight is 303 g/mol. The second-order valence-electron chi connectivity index (χ2n) is 7.20. The molecule has 1 saturated heterocycles. The number of hydrogen-bond acceptors (Lipinski definition) is 3. The smallest absolute Gasteiger partial charge is 0.242 e. The van der Waals surface area contributed by atoms with Gasteiger partial charge in [0.1, 0.15) is 6.04 Å². The molecule has 0 aliphatic carbocycles. The molecule has 122 valence electrons. The summed E-state index contributed by atoms with van der Waals surface area (Å²) < 4.78 is 0. The van der Waals surface area contributed by atoms with E-state index < -0.39 is 0 Å². The van der Waals surface area contributed by atoms with E-state index in [1.54, 1.807) is 0 Å². The summed E-state index contributed by atoms with van der Waals surface area (Å²) in [5, 5.41) is 6.31. The number of anilines is 2. The minimum atomic E-state index is -0.254. The summed E-state index contributed by atoms with van der Waals surface area (Å²) >= 11 is 0. The molecule has 2 rings (SSSR count). The molecule has 4 heteroatoms. The summed E-state index contributed by atoms with van der Waals surface area (Å²) in [6.07, 6.45) is 3.86. The van der Waals surface area contributed by atoms with Crippen molar-refractivity contribution in [3.63, 3.8) is 0 Å². The van der Waals surface area contributed by atoms with E-state index in [-0.39, 0.29) is 17.5 Å². The van der Waals surface area contributed by atoms with Crippen LogP contribution in [0.2, 0.25) is 0 Å². The molecule has 1 aliphatic rings. The monoisotopic (exact) mass is 303 g/mol. The predicted molar refractivity (Wildman–Crippen MR) is 93.5 cm³/mol. The zero-order chi connectivity index (χ0) is 16.2. The molecule has 1 fully saturated rings. The highest BCUT2D eigenvalue weighted by atomic mass is 16.2. The zero-order valence-corrected chi connectivity index (χ0v) is 14.3. The first-order valence-corrected chi connectivity index (χ1v) is 8.29. The number of piperidine rings is 1. The van der Waals surface area contributed by atoms with E-state index in [1.807, 2.05) is 33.8 Å². The summed E-state index contributed by atoms with van der Waals surface area (Å²) in [4.78, 5) is 14.6. The fourth-order valence-corrected chi connectivity index (χ4v) is 2.74. The zero-order valence-electron chi connectivity index (χ0n) is 14.3. The van der Waals surface area contributed by atoms with E-state index in [0.717, 1.165) is 18.8 Å². The standard InChI is InChI=1S/C18H29N3O/c1-14(17(22)20-18(2,3)4)19-15-9-8-10-16(13-15)21-11-6-5-7-12-21/h8-10,13-14,19H,5-7,11-12H2,1-4H3,(H,20,22)/t14-/m1/s1. The molecule has 0 bridgehead atoms. The molecule has 1 amide bonds. The molecule has 1 heterocycles. The molecular formula is C18H29N3O. The van der Waals surface area contributed by atoms with Crippen molar-refractivity contribution in [1.29, 1.82) is 0 Å². The van der Waals surface area contributed by atoms with Crippen LogP contribution >= 0.6 is 0 Å². The van der Waals surface area contributed by atoms with Crippen molar-refractivity contribution in [2.75, 3.05) is 23.3 Å². The molecule has 22 heavy (non-hydrogen) atoms. The van der Waals surface area contributed by atoms with Crippen LogP contribution in [0.1, 0.15) is 47.0 Å². The molecule has 1 aromatic rings. The van der Waals surface area contributed by atoms with Crippen molar-refractivity contribution >= 4 is 17.3 Å². The van der Waals surface area contributed by atoms with E-state index in [4.69, 9.17) is 0 Å². The number of nitrogens with one attached hydrogen (secondary N) is 2. The van der Waals surface area contributed by atoms with Gasteiger partial charge in [0, 0.05) is 30.0 Å². The topological polar surface area (TPSA) is 44.4 Å². The molecule has 4 nitrogen and oxygen atoms in total. The van der Waals surface area contributed by atoms with Crippen LogP contribution in [0.3, 0.4) is 0 Å². The van der Waals surface area contributed by atoms with Crippen molar-refractivity contribution in [3.05, 3.63) is 24.3 Å². The summed E-state index contributed by atoms with van der Waals surface area (Å²) in [5.74, 6) is 0.0240. The molecule has 0 unspecified atom stereocenters. The third-order valence-electron chi connectivity index (χ3n) is 3.84. The highest BCUT2D eigenvalue weighted by Gasteiger charge is 2.19. The van der Waals surface area contributed by atoms with Gasteiger partial charge in [-0.15, -0.1) is 0 Å². The van der Waals surface area contributed by atoms with Gasteiger partial charge in [-0.05, 0) is 65.2 Å². The van der Waals surface area contributed by atoms with Crippen LogP contribution in [0.25, 0.3) is 0 Å². The van der Waals surface area contributed by atoms with Gasteiger partial charge in [-0.1, -0.05) is 6.07 Å². The van der Waals surface area contributed by atoms with Gasteiger partial charge in [-0.3, -0.25) is 4.79 Å². The van der Waals surface area contributed by atoms with Crippen LogP contribution in [-0.2, 0) is 4.79 Å². The first-order valence-electron chi connectivity index (χ1n) is 8.29. The number of benzene rings is 1. The number of amides is 1. The van der Waals surface area contributed by atoms with E-state index in [1.165, 1.54) is 24.9 Å². The lowest BCUT2D eigenvalue weighted by molar-refractivity contribution is -0.122. The quantitative estimate of drug-likeness (QED) is 0.896. The van der Waals surface area contributed by atoms with Crippen molar-refractivity contribution in [2.45, 2.75) is 58.5 Å². The largest absolute Gasteiger partial charge is 0.374 e. The summed E-state index contributed by atoms with van der Waals surface area (Å²) in [6, 6.07) is 8.12. The summed E-state index contributed by atoms with van der Waals surface area (Å²) in [7, 11) is 0. The lowest BCUT2D eigenvalue weighted by Crippen LogP contribution is -2.47. The van der Waals surface area contributed by atoms with Gasteiger partial charge in [0.15, 0.2) is 0 Å². The highest BCUT2D eigenvalue weighted by Crippen LogP contribution is 2.23. The van der Waals surface area contributed by atoms with Gasteiger partial charge in [-0.2, -0.15) is 0 Å². The maximum absolute atomic E-state index is 12.2. The maximum atomic E-state index is 12.2. The molecule has 1 aromatic carbocycles. The average Bonchev–Trinajstić information content (AvgIpc) is 2.46. The fraction of sp³-hybridized carbons (Fsp3) is 0.611. The van der Waals surface area contributed by atoms with E-state index >= 15 is 0 Å². The number of nitrogens with zero attached hydrogens (tertiary/aromatic N) is 1. The molecular weight excluding hydrogens is 274 g/mol. The minimum absolute atomic E-state index is 0.0240. The van der Waals surface area contributed by atoms with Gasteiger partial charge >= 0.3 is 0 Å². The first-order chi connectivity index (χ1) is 10.3. The molecule has 0 spiro atoms. The van der Waals surface area contributed by atoms with Crippen molar-refractivity contribution in [2.24, 2.45) is 0 Å². The lowest BCUT2D eigenvalue weighted by Gasteiger charge is -2.29. The van der Waals surface area contributed by atoms with Gasteiger partial charge in [-0.25, -0.2) is 0 Å². The van der Waals surface area contributed by atoms with E-state index in [9.17, 15) is 4.79 Å². The Kier molecular flexibility index (Phi) is 5.33. The molecule has 0 radical (unpaired) electrons. The highest BCUT2D eigenvalue weighted by molar-refractivity contribution is 5.84. The van der Waals surface area contributed by atoms with Crippen LogP contribution in [0.15, 0.2) is 24.3 Å². The second kappa shape index (κ2) is 7.03. The third-order valence-corrected chi connectivity index (χ3v) is 3.84. The lowest BCUT2D eigenvalue weighted by atomic mass is 10.1. The molecule has 1 aliphatic heterocycles. The van der Waals surface area contributed by atoms with Crippen LogP contribution in [0.5, 0.6) is 0 Å². The Bertz CT molecular complexity index is 501. The number of rotatable bonds is 4. The minimum Gasteiger partial charge on any atom is -0.374 e. The van der Waals surface area contributed by atoms with E-state index in [2.05, 4.69) is 33.7 Å². The molecule has 0 aromatic heterocycles. The fourth-order valence-electron chi connectivity index (χ4n) is 2.74. The van der Waals surface area contributed by atoms with Crippen LogP contribution < -0.4 is 15.5 Å². The van der Waals surface area contributed by atoms with Gasteiger partial charge < -0.3 is 15.5 Å². The Morgan fingerprint density at radius 1 is 1.18 bits per heavy atom. The van der Waals surface area contributed by atoms with Crippen LogP contribution in [0, 0.1) is 0 Å². The Morgan fingerprint density at radius 3 is 2.50 bits per heavy atom. The number of hydrogen-bond donors (Lipinski definition) is 2. The number of carbonyl (C=O) groups is 1. The Balaban J connectivity index is 1.99. The molecule has 0 saturated carbocycles. The molecule has 1 atom stereocenters. The van der Waals surface area contributed by atoms with Crippen molar-refractivity contribution < 1.29 is 4.79 Å². The molecule has 2 N–H and O–H groups in total. The SMILES string of the molecule is C[C@@H](Nc1cccc(N2CCCCC2)c1)C(=O)NC(C)(C)C. The van der Waals surface area contributed by atoms with E-state index in [0.29, 0.717) is 0 Å². The Hall–Kier alpha value is -1.71. The van der Waals surface area contributed by atoms with Gasteiger partial charge in [0.2, 0.25) is 5.91 Å².